The molecule has 0 N–H and O–H groups in total. The molecule has 3 aromatic rings. The fraction of sp³-hybridized carbons (Fsp3) is 0.0667. The van der Waals surface area contributed by atoms with Crippen molar-refractivity contribution in [1.29, 1.82) is 0 Å². The molecule has 0 saturated carbocycles. The standard InChI is InChI=1S/C30H22N2O2S2/c1-19-15-21(17-27(35-19)23-7-11-31-12-8-23)3-5-25-29(33)26(30(25)34)6-4-22-16-20(2)36-28(18-22)24-9-13-32-14-10-24/h3-18H,1-2H3. The van der Waals surface area contributed by atoms with Crippen LogP contribution in [0, 0.1) is 0 Å². The average molecular weight is 507 g/mol. The molecule has 2 aliphatic rings. The zero-order valence-electron chi connectivity index (χ0n) is 19.8. The van der Waals surface area contributed by atoms with Gasteiger partial charge >= 0.3 is 0 Å². The monoisotopic (exact) mass is 506 g/mol. The number of nitrogens with zero attached hydrogens (tertiary/aromatic N) is 2. The van der Waals surface area contributed by atoms with Crippen molar-refractivity contribution in [3.05, 3.63) is 148 Å². The highest BCUT2D eigenvalue weighted by atomic mass is 32.2. The first-order valence-electron chi connectivity index (χ1n) is 11.4. The van der Waals surface area contributed by atoms with Crippen LogP contribution in [0.1, 0.15) is 25.0 Å². The Balaban J connectivity index is 1.44. The van der Waals surface area contributed by atoms with Gasteiger partial charge in [-0.15, -0.1) is 0 Å². The summed E-state index contributed by atoms with van der Waals surface area (Å²) in [6, 6.07) is 7.87. The first kappa shape index (κ1) is 24.0. The van der Waals surface area contributed by atoms with E-state index in [9.17, 15) is 9.59 Å². The Morgan fingerprint density at radius 2 is 0.972 bits per heavy atom. The van der Waals surface area contributed by atoms with Crippen LogP contribution in [-0.2, 0) is 0 Å². The fourth-order valence-electron chi connectivity index (χ4n) is 3.93. The molecule has 0 radical (unpaired) electrons. The van der Waals surface area contributed by atoms with Gasteiger partial charge in [0.25, 0.3) is 0 Å². The molecule has 0 atom stereocenters. The molecule has 0 spiro atoms. The maximum atomic E-state index is 12.7. The predicted octanol–water partition coefficient (Wildman–Crippen LogP) is 4.87. The fourth-order valence-corrected chi connectivity index (χ4v) is 5.91. The third-order valence-electron chi connectivity index (χ3n) is 5.67. The van der Waals surface area contributed by atoms with Crippen molar-refractivity contribution in [3.8, 4) is 0 Å². The molecule has 0 saturated heterocycles. The first-order valence-corrected chi connectivity index (χ1v) is 13.0. The van der Waals surface area contributed by atoms with Gasteiger partial charge in [-0.2, -0.15) is 0 Å². The lowest BCUT2D eigenvalue weighted by atomic mass is 10.1. The number of pyridine rings is 2. The second-order valence-electron chi connectivity index (χ2n) is 8.36. The van der Waals surface area contributed by atoms with Crippen molar-refractivity contribution in [2.24, 2.45) is 0 Å². The molecule has 4 heterocycles. The molecule has 0 fully saturated rings. The van der Waals surface area contributed by atoms with Crippen LogP contribution in [0.15, 0.2) is 116 Å². The third-order valence-corrected chi connectivity index (χ3v) is 7.70. The van der Waals surface area contributed by atoms with Gasteiger partial charge in [-0.3, -0.25) is 19.6 Å². The summed E-state index contributed by atoms with van der Waals surface area (Å²) in [5.74, 6) is 0. The van der Waals surface area contributed by atoms with E-state index in [1.165, 1.54) is 0 Å². The van der Waals surface area contributed by atoms with Crippen molar-refractivity contribution in [3.63, 3.8) is 0 Å². The summed E-state index contributed by atoms with van der Waals surface area (Å²) in [6.45, 7) is 4.09. The molecule has 1 aromatic carbocycles. The minimum Gasteiger partial charge on any atom is -0.288 e. The molecule has 2 aliphatic heterocycles. The quantitative estimate of drug-likeness (QED) is 0.503. The Bertz CT molecular complexity index is 1560. The molecular weight excluding hydrogens is 484 g/mol. The van der Waals surface area contributed by atoms with Crippen LogP contribution in [0.3, 0.4) is 0 Å². The Hall–Kier alpha value is -3.74. The van der Waals surface area contributed by atoms with Gasteiger partial charge in [0.2, 0.25) is 10.9 Å². The number of thioether (sulfide) groups is 2. The number of hydrogen-bond acceptors (Lipinski definition) is 6. The van der Waals surface area contributed by atoms with Gasteiger partial charge in [-0.05, 0) is 107 Å². The van der Waals surface area contributed by atoms with Crippen molar-refractivity contribution < 1.29 is 0 Å². The molecule has 0 amide bonds. The molecule has 36 heavy (non-hydrogen) atoms. The number of hydrogen-bond donors (Lipinski definition) is 0. The van der Waals surface area contributed by atoms with E-state index in [2.05, 4.69) is 22.1 Å². The second-order valence-corrected chi connectivity index (χ2v) is 10.9. The topological polar surface area (TPSA) is 59.9 Å². The minimum atomic E-state index is -0.220. The molecule has 0 aliphatic carbocycles. The molecular formula is C30H22N2O2S2. The highest BCUT2D eigenvalue weighted by molar-refractivity contribution is 8.12. The van der Waals surface area contributed by atoms with Gasteiger partial charge in [0.15, 0.2) is 0 Å². The predicted molar refractivity (Wildman–Crippen MR) is 153 cm³/mol. The average Bonchev–Trinajstić information content (AvgIpc) is 2.89. The van der Waals surface area contributed by atoms with Crippen LogP contribution >= 0.6 is 23.5 Å². The summed E-state index contributed by atoms with van der Waals surface area (Å²) in [5.41, 5.74) is 3.62. The Morgan fingerprint density at radius 3 is 1.36 bits per heavy atom. The van der Waals surface area contributed by atoms with E-state index in [-0.39, 0.29) is 21.3 Å². The van der Waals surface area contributed by atoms with Crippen LogP contribution in [0.25, 0.3) is 22.0 Å². The summed E-state index contributed by atoms with van der Waals surface area (Å²) in [4.78, 5) is 38.1. The van der Waals surface area contributed by atoms with E-state index in [0.717, 1.165) is 41.9 Å². The third kappa shape index (κ3) is 5.25. The van der Waals surface area contributed by atoms with Crippen molar-refractivity contribution in [1.82, 2.24) is 9.97 Å². The highest BCUT2D eigenvalue weighted by Gasteiger charge is 2.12. The van der Waals surface area contributed by atoms with E-state index in [1.54, 1.807) is 60.5 Å². The molecule has 6 heteroatoms. The highest BCUT2D eigenvalue weighted by Crippen LogP contribution is 2.39. The van der Waals surface area contributed by atoms with E-state index < -0.39 is 0 Å². The van der Waals surface area contributed by atoms with Gasteiger partial charge in [-0.25, -0.2) is 0 Å². The van der Waals surface area contributed by atoms with Gasteiger partial charge in [-0.1, -0.05) is 35.7 Å². The number of allylic oxidation sites excluding steroid dienone is 10. The van der Waals surface area contributed by atoms with Crippen LogP contribution in [-0.4, -0.2) is 9.97 Å². The lowest BCUT2D eigenvalue weighted by Gasteiger charge is -2.13. The molecule has 2 aromatic heterocycles. The van der Waals surface area contributed by atoms with Crippen molar-refractivity contribution in [2.45, 2.75) is 13.8 Å². The van der Waals surface area contributed by atoms with Crippen molar-refractivity contribution in [2.75, 3.05) is 0 Å². The van der Waals surface area contributed by atoms with E-state index in [4.69, 9.17) is 0 Å². The molecule has 5 rings (SSSR count). The zero-order valence-corrected chi connectivity index (χ0v) is 21.4. The lowest BCUT2D eigenvalue weighted by Crippen LogP contribution is -2.64. The van der Waals surface area contributed by atoms with Crippen LogP contribution < -0.4 is 21.3 Å². The van der Waals surface area contributed by atoms with Crippen LogP contribution in [0.4, 0.5) is 0 Å². The zero-order chi connectivity index (χ0) is 25.1. The Morgan fingerprint density at radius 1 is 0.583 bits per heavy atom. The number of aromatic nitrogens is 2. The van der Waals surface area contributed by atoms with Crippen LogP contribution in [0.2, 0.25) is 0 Å². The number of rotatable bonds is 4. The molecule has 0 unspecified atom stereocenters. The molecule has 176 valence electrons. The maximum absolute atomic E-state index is 12.7. The maximum Gasteiger partial charge on any atom is 0.200 e. The van der Waals surface area contributed by atoms with Crippen molar-refractivity contribution >= 4 is 45.5 Å². The van der Waals surface area contributed by atoms with Crippen LogP contribution in [0.5, 0.6) is 0 Å². The SMILES string of the molecule is CC1=CC(=CC=c2c(=O)c(=CC=C3C=C(C)SC(c4ccncc4)=C3)c2=O)C=C(c2ccncc2)S1. The molecule has 0 bridgehead atoms. The lowest BCUT2D eigenvalue weighted by molar-refractivity contribution is 1.27. The van der Waals surface area contributed by atoms with Gasteiger partial charge in [0.05, 0.1) is 10.4 Å². The Labute approximate surface area is 217 Å². The molecule has 4 nitrogen and oxygen atoms in total. The van der Waals surface area contributed by atoms with Gasteiger partial charge in [0, 0.05) is 34.6 Å². The van der Waals surface area contributed by atoms with E-state index in [0.29, 0.717) is 0 Å². The first-order chi connectivity index (χ1) is 17.5. The van der Waals surface area contributed by atoms with E-state index >= 15 is 0 Å². The normalized spacial score (nSPS) is 17.9. The van der Waals surface area contributed by atoms with Gasteiger partial charge < -0.3 is 0 Å². The summed E-state index contributed by atoms with van der Waals surface area (Å²) in [5, 5.41) is 0.434. The largest absolute Gasteiger partial charge is 0.288 e. The second kappa shape index (κ2) is 10.5. The smallest absolute Gasteiger partial charge is 0.200 e. The van der Waals surface area contributed by atoms with Gasteiger partial charge in [0.1, 0.15) is 0 Å². The summed E-state index contributed by atoms with van der Waals surface area (Å²) in [6.07, 6.45) is 22.2. The summed E-state index contributed by atoms with van der Waals surface area (Å²) in [7, 11) is 0. The summed E-state index contributed by atoms with van der Waals surface area (Å²) >= 11 is 3.37. The minimum absolute atomic E-state index is 0.217. The summed E-state index contributed by atoms with van der Waals surface area (Å²) < 4.78 is 0. The van der Waals surface area contributed by atoms with E-state index in [1.807, 2.05) is 62.4 Å². The Kier molecular flexibility index (Phi) is 6.98.